The molecule has 41 heavy (non-hydrogen) atoms. The molecule has 4 N–H and O–H groups in total. The van der Waals surface area contributed by atoms with Crippen molar-refractivity contribution in [2.75, 3.05) is 27.3 Å². The molecule has 0 saturated carbocycles. The molecule has 0 amide bonds. The maximum Gasteiger partial charge on any atom is 0.308 e. The highest BCUT2D eigenvalue weighted by molar-refractivity contribution is 5.91. The van der Waals surface area contributed by atoms with Gasteiger partial charge in [0.1, 0.15) is 12.2 Å². The Hall–Kier alpha value is -1.66. The average molecular weight is 584 g/mol. The van der Waals surface area contributed by atoms with E-state index in [4.69, 9.17) is 14.2 Å². The van der Waals surface area contributed by atoms with Gasteiger partial charge in [0.15, 0.2) is 12.1 Å². The first-order valence-electron chi connectivity index (χ1n) is 15.0. The number of ketones is 1. The van der Waals surface area contributed by atoms with Gasteiger partial charge in [0.2, 0.25) is 0 Å². The summed E-state index contributed by atoms with van der Waals surface area (Å²) in [7, 11) is 3.76. The summed E-state index contributed by atoms with van der Waals surface area (Å²) in [5.41, 5.74) is 0.751. The van der Waals surface area contributed by atoms with Crippen molar-refractivity contribution in [1.82, 2.24) is 4.90 Å². The van der Waals surface area contributed by atoms with E-state index in [9.17, 15) is 30.0 Å². The fourth-order valence-electron chi connectivity index (χ4n) is 5.94. The minimum Gasteiger partial charge on any atom is -0.462 e. The summed E-state index contributed by atoms with van der Waals surface area (Å²) < 4.78 is 18.2. The van der Waals surface area contributed by atoms with Crippen LogP contribution in [0.5, 0.6) is 0 Å². The van der Waals surface area contributed by atoms with Gasteiger partial charge in [-0.2, -0.15) is 0 Å². The third-order valence-corrected chi connectivity index (χ3v) is 8.54. The first kappa shape index (κ1) is 35.5. The number of carbonyl (C=O) groups is 2. The van der Waals surface area contributed by atoms with Crippen molar-refractivity contribution in [1.29, 1.82) is 0 Å². The number of aliphatic hydroxyl groups is 4. The van der Waals surface area contributed by atoms with Gasteiger partial charge in [0.05, 0.1) is 31.3 Å². The third-order valence-electron chi connectivity index (χ3n) is 8.54. The van der Waals surface area contributed by atoms with Crippen molar-refractivity contribution in [2.24, 2.45) is 23.7 Å². The molecule has 0 spiro atoms. The number of aliphatic hydroxyl groups excluding tert-OH is 4. The number of esters is 1. The van der Waals surface area contributed by atoms with Gasteiger partial charge in [-0.05, 0) is 65.6 Å². The van der Waals surface area contributed by atoms with Crippen molar-refractivity contribution in [3.05, 3.63) is 23.8 Å². The molecule has 0 bridgehead atoms. The Balaban J connectivity index is 2.49. The summed E-state index contributed by atoms with van der Waals surface area (Å²) in [4.78, 5) is 28.0. The van der Waals surface area contributed by atoms with E-state index < -0.39 is 54.4 Å². The van der Waals surface area contributed by atoms with Crippen molar-refractivity contribution >= 4 is 11.8 Å². The van der Waals surface area contributed by atoms with E-state index in [2.05, 4.69) is 0 Å². The van der Waals surface area contributed by atoms with Gasteiger partial charge in [-0.15, -0.1) is 0 Å². The Kier molecular flexibility index (Phi) is 14.6. The fraction of sp³-hybridized carbons (Fsp3) is 0.806. The zero-order valence-electron chi connectivity index (χ0n) is 25.8. The lowest BCUT2D eigenvalue weighted by atomic mass is 9.79. The van der Waals surface area contributed by atoms with Crippen LogP contribution in [-0.2, 0) is 23.8 Å². The summed E-state index contributed by atoms with van der Waals surface area (Å²) in [5, 5.41) is 42.4. The fourth-order valence-corrected chi connectivity index (χ4v) is 5.94. The molecule has 2 aliphatic heterocycles. The zero-order valence-corrected chi connectivity index (χ0v) is 25.8. The van der Waals surface area contributed by atoms with E-state index in [0.717, 1.165) is 5.57 Å². The molecule has 2 rings (SSSR count). The maximum absolute atomic E-state index is 13.1. The first-order valence-corrected chi connectivity index (χ1v) is 15.0. The van der Waals surface area contributed by atoms with E-state index in [-0.39, 0.29) is 49.9 Å². The van der Waals surface area contributed by atoms with Crippen LogP contribution in [0, 0.1) is 23.7 Å². The SMILES string of the molecule is CC[C@H]1OC(=O)C[C@@H](O)[C@H](C)[C@@H](OC2OC(C)CC(N(C)C)C2O)[C@@H](CCO)C[C@@H](C)C(=O)/C=C/C(C)=C/[C@@H]1CO. The molecule has 1 fully saturated rings. The second-order valence-corrected chi connectivity index (χ2v) is 12.1. The normalized spacial score (nSPS) is 40.6. The predicted octanol–water partition coefficient (Wildman–Crippen LogP) is 2.23. The van der Waals surface area contributed by atoms with Crippen molar-refractivity contribution < 1.29 is 44.2 Å². The summed E-state index contributed by atoms with van der Waals surface area (Å²) >= 11 is 0. The number of likely N-dealkylation sites (N-methyl/N-ethyl adjacent to an activating group) is 1. The summed E-state index contributed by atoms with van der Waals surface area (Å²) in [6, 6.07) is -0.214. The van der Waals surface area contributed by atoms with Gasteiger partial charge in [-0.1, -0.05) is 38.5 Å². The Morgan fingerprint density at radius 3 is 2.34 bits per heavy atom. The van der Waals surface area contributed by atoms with Crippen LogP contribution in [-0.4, -0.2) is 107 Å². The van der Waals surface area contributed by atoms with Crippen LogP contribution in [0.1, 0.15) is 66.7 Å². The molecule has 1 saturated heterocycles. The molecular formula is C31H53NO9. The molecule has 11 atom stereocenters. The lowest BCUT2D eigenvalue weighted by molar-refractivity contribution is -0.283. The van der Waals surface area contributed by atoms with E-state index in [1.165, 1.54) is 6.08 Å². The number of hydrogen-bond donors (Lipinski definition) is 4. The molecule has 236 valence electrons. The second-order valence-electron chi connectivity index (χ2n) is 12.1. The quantitative estimate of drug-likeness (QED) is 0.329. The smallest absolute Gasteiger partial charge is 0.308 e. The second kappa shape index (κ2) is 16.8. The highest BCUT2D eigenvalue weighted by atomic mass is 16.7. The van der Waals surface area contributed by atoms with E-state index >= 15 is 0 Å². The first-order chi connectivity index (χ1) is 19.3. The number of cyclic esters (lactones) is 1. The Morgan fingerprint density at radius 2 is 1.76 bits per heavy atom. The molecule has 0 aliphatic carbocycles. The maximum atomic E-state index is 13.1. The molecule has 2 aliphatic rings. The molecule has 0 aromatic rings. The molecule has 2 heterocycles. The standard InChI is InChI=1S/C31H53NO9/c1-8-27-23(17-34)13-18(2)9-10-25(35)19(3)14-22(11-12-33)30(21(5)26(36)16-28(37)40-27)41-31-29(38)24(32(6)7)15-20(4)39-31/h9-10,13,19-24,26-27,29-31,33-34,36,38H,8,11-12,14-17H2,1-7H3/b10-9+,18-13+/t19-,20?,21+,22+,23-,24?,26-,27-,29?,30-,31?/m1/s1. The van der Waals surface area contributed by atoms with Gasteiger partial charge in [0, 0.05) is 30.4 Å². The van der Waals surface area contributed by atoms with Crippen LogP contribution >= 0.6 is 0 Å². The molecule has 0 aromatic carbocycles. The van der Waals surface area contributed by atoms with Crippen molar-refractivity contribution in [3.63, 3.8) is 0 Å². The zero-order chi connectivity index (χ0) is 30.9. The molecule has 0 radical (unpaired) electrons. The largest absolute Gasteiger partial charge is 0.462 e. The van der Waals surface area contributed by atoms with E-state index in [1.807, 2.05) is 46.7 Å². The lowest BCUT2D eigenvalue weighted by Crippen LogP contribution is -2.56. The minimum atomic E-state index is -1.17. The molecular weight excluding hydrogens is 530 g/mol. The van der Waals surface area contributed by atoms with Crippen molar-refractivity contribution in [3.8, 4) is 0 Å². The van der Waals surface area contributed by atoms with Crippen LogP contribution in [0.4, 0.5) is 0 Å². The molecule has 10 nitrogen and oxygen atoms in total. The van der Waals surface area contributed by atoms with Gasteiger partial charge in [-0.25, -0.2) is 0 Å². The Labute approximate surface area is 245 Å². The topological polar surface area (TPSA) is 146 Å². The molecule has 0 aromatic heterocycles. The summed E-state index contributed by atoms with van der Waals surface area (Å²) in [6.07, 6.45) is 1.71. The Bertz CT molecular complexity index is 891. The van der Waals surface area contributed by atoms with Crippen LogP contribution in [0.15, 0.2) is 23.8 Å². The van der Waals surface area contributed by atoms with E-state index in [1.54, 1.807) is 19.1 Å². The number of allylic oxidation sites excluding steroid dienone is 3. The van der Waals surface area contributed by atoms with Crippen LogP contribution < -0.4 is 0 Å². The number of ether oxygens (including phenoxy) is 3. The van der Waals surface area contributed by atoms with Gasteiger partial charge in [-0.3, -0.25) is 9.59 Å². The number of hydrogen-bond acceptors (Lipinski definition) is 10. The van der Waals surface area contributed by atoms with Crippen LogP contribution in [0.2, 0.25) is 0 Å². The highest BCUT2D eigenvalue weighted by Crippen LogP contribution is 2.34. The molecule has 10 heteroatoms. The predicted molar refractivity (Wildman–Crippen MR) is 155 cm³/mol. The van der Waals surface area contributed by atoms with Crippen LogP contribution in [0.25, 0.3) is 0 Å². The average Bonchev–Trinajstić information content (AvgIpc) is 2.92. The number of rotatable bonds is 7. The molecule has 4 unspecified atom stereocenters. The highest BCUT2D eigenvalue weighted by Gasteiger charge is 2.43. The minimum absolute atomic E-state index is 0.103. The number of carbonyl (C=O) groups excluding carboxylic acids is 2. The van der Waals surface area contributed by atoms with Gasteiger partial charge >= 0.3 is 5.97 Å². The summed E-state index contributed by atoms with van der Waals surface area (Å²) in [6.45, 7) is 8.73. The monoisotopic (exact) mass is 583 g/mol. The van der Waals surface area contributed by atoms with Gasteiger partial charge in [0.25, 0.3) is 0 Å². The van der Waals surface area contributed by atoms with Crippen LogP contribution in [0.3, 0.4) is 0 Å². The van der Waals surface area contributed by atoms with Crippen molar-refractivity contribution in [2.45, 2.75) is 110 Å². The lowest BCUT2D eigenvalue weighted by Gasteiger charge is -2.44. The van der Waals surface area contributed by atoms with E-state index in [0.29, 0.717) is 19.3 Å². The third kappa shape index (κ3) is 10.2. The number of nitrogens with zero attached hydrogens (tertiary/aromatic N) is 1. The van der Waals surface area contributed by atoms with Gasteiger partial charge < -0.3 is 39.5 Å². The Morgan fingerprint density at radius 1 is 1.07 bits per heavy atom. The summed E-state index contributed by atoms with van der Waals surface area (Å²) in [5.74, 6) is -2.61.